The molecule has 2 aromatic rings. The van der Waals surface area contributed by atoms with Crippen molar-refractivity contribution in [2.75, 3.05) is 0 Å². The predicted octanol–water partition coefficient (Wildman–Crippen LogP) is 4.16. The first-order valence-electron chi connectivity index (χ1n) is 4.84. The van der Waals surface area contributed by atoms with Crippen molar-refractivity contribution in [3.05, 3.63) is 56.4 Å². The highest BCUT2D eigenvalue weighted by molar-refractivity contribution is 9.10. The van der Waals surface area contributed by atoms with Crippen LogP contribution in [0.1, 0.15) is 22.9 Å². The molecule has 0 amide bonds. The normalized spacial score (nSPS) is 12.8. The number of furan rings is 1. The molecule has 2 nitrogen and oxygen atoms in total. The average Bonchev–Trinajstić information content (AvgIpc) is 2.68. The Morgan fingerprint density at radius 2 is 2.00 bits per heavy atom. The van der Waals surface area contributed by atoms with Crippen molar-refractivity contribution in [2.24, 2.45) is 5.73 Å². The number of hydrogen-bond acceptors (Lipinski definition) is 2. The molecule has 0 aliphatic carbocycles. The third-order valence-electron chi connectivity index (χ3n) is 2.48. The van der Waals surface area contributed by atoms with E-state index in [0.717, 1.165) is 25.8 Å². The molecule has 0 fully saturated rings. The van der Waals surface area contributed by atoms with E-state index in [1.807, 2.05) is 31.2 Å². The Balaban J connectivity index is 2.46. The van der Waals surface area contributed by atoms with Crippen LogP contribution in [0.2, 0.25) is 0 Å². The fourth-order valence-corrected chi connectivity index (χ4v) is 2.54. The number of hydrogen-bond donors (Lipinski definition) is 1. The molecule has 0 spiro atoms. The summed E-state index contributed by atoms with van der Waals surface area (Å²) in [5.74, 6) is 0.742. The van der Waals surface area contributed by atoms with Crippen LogP contribution in [0.15, 0.2) is 43.9 Å². The van der Waals surface area contributed by atoms with E-state index in [1.54, 1.807) is 6.26 Å². The van der Waals surface area contributed by atoms with Gasteiger partial charge in [-0.3, -0.25) is 0 Å². The molecule has 16 heavy (non-hydrogen) atoms. The van der Waals surface area contributed by atoms with Crippen LogP contribution in [0.25, 0.3) is 0 Å². The fourth-order valence-electron chi connectivity index (χ4n) is 1.58. The molecule has 1 aromatic heterocycles. The first-order valence-corrected chi connectivity index (χ1v) is 6.43. The molecular weight excluding hydrogens is 334 g/mol. The van der Waals surface area contributed by atoms with Crippen LogP contribution < -0.4 is 5.73 Å². The Bertz CT molecular complexity index is 507. The van der Waals surface area contributed by atoms with Crippen molar-refractivity contribution in [2.45, 2.75) is 13.0 Å². The molecule has 4 heteroatoms. The van der Waals surface area contributed by atoms with E-state index in [-0.39, 0.29) is 6.04 Å². The first-order chi connectivity index (χ1) is 7.61. The van der Waals surface area contributed by atoms with Crippen molar-refractivity contribution >= 4 is 31.9 Å². The van der Waals surface area contributed by atoms with Gasteiger partial charge in [-0.2, -0.15) is 0 Å². The monoisotopic (exact) mass is 343 g/mol. The quantitative estimate of drug-likeness (QED) is 0.888. The molecule has 1 unspecified atom stereocenters. The number of benzene rings is 1. The van der Waals surface area contributed by atoms with Crippen molar-refractivity contribution in [3.8, 4) is 0 Å². The Hall–Kier alpha value is -0.580. The molecule has 0 aliphatic rings. The van der Waals surface area contributed by atoms with Gasteiger partial charge in [-0.1, -0.05) is 34.1 Å². The van der Waals surface area contributed by atoms with Crippen LogP contribution in [0.5, 0.6) is 0 Å². The minimum atomic E-state index is -0.265. The summed E-state index contributed by atoms with van der Waals surface area (Å²) in [6.07, 6.45) is 1.63. The minimum Gasteiger partial charge on any atom is -0.466 e. The topological polar surface area (TPSA) is 39.2 Å². The fraction of sp³-hybridized carbons (Fsp3) is 0.167. The largest absolute Gasteiger partial charge is 0.466 e. The van der Waals surface area contributed by atoms with Gasteiger partial charge in [0.1, 0.15) is 5.76 Å². The van der Waals surface area contributed by atoms with Gasteiger partial charge in [-0.15, -0.1) is 0 Å². The highest BCUT2D eigenvalue weighted by Gasteiger charge is 2.18. The van der Waals surface area contributed by atoms with Crippen LogP contribution in [0, 0.1) is 6.92 Å². The van der Waals surface area contributed by atoms with Gasteiger partial charge in [0, 0.05) is 4.47 Å². The second kappa shape index (κ2) is 4.73. The van der Waals surface area contributed by atoms with E-state index < -0.39 is 0 Å². The molecule has 0 saturated carbocycles. The lowest BCUT2D eigenvalue weighted by Crippen LogP contribution is -2.12. The summed E-state index contributed by atoms with van der Waals surface area (Å²) < 4.78 is 7.31. The maximum absolute atomic E-state index is 6.18. The maximum Gasteiger partial charge on any atom is 0.139 e. The van der Waals surface area contributed by atoms with Gasteiger partial charge in [0.25, 0.3) is 0 Å². The third-order valence-corrected chi connectivity index (χ3v) is 4.22. The Morgan fingerprint density at radius 1 is 1.25 bits per heavy atom. The van der Waals surface area contributed by atoms with Crippen LogP contribution in [-0.4, -0.2) is 0 Å². The van der Waals surface area contributed by atoms with Crippen LogP contribution in [-0.2, 0) is 0 Å². The standard InChI is InChI=1S/C12H11Br2NO/c1-7-3-2-4-8(10(7)14)11(15)12-9(13)5-6-16-12/h2-6,11H,15H2,1H3. The summed E-state index contributed by atoms with van der Waals surface area (Å²) in [5.41, 5.74) is 8.36. The van der Waals surface area contributed by atoms with Crippen molar-refractivity contribution in [1.82, 2.24) is 0 Å². The Kier molecular flexibility index (Phi) is 3.52. The molecule has 84 valence electrons. The van der Waals surface area contributed by atoms with Gasteiger partial charge >= 0.3 is 0 Å². The molecule has 1 aromatic carbocycles. The van der Waals surface area contributed by atoms with Crippen LogP contribution in [0.3, 0.4) is 0 Å². The number of halogens is 2. The smallest absolute Gasteiger partial charge is 0.139 e. The molecule has 2 rings (SSSR count). The zero-order valence-electron chi connectivity index (χ0n) is 8.71. The molecular formula is C12H11Br2NO. The first kappa shape index (κ1) is 11.9. The van der Waals surface area contributed by atoms with E-state index >= 15 is 0 Å². The van der Waals surface area contributed by atoms with Gasteiger partial charge in [0.2, 0.25) is 0 Å². The summed E-state index contributed by atoms with van der Waals surface area (Å²) in [5, 5.41) is 0. The molecule has 1 heterocycles. The predicted molar refractivity (Wildman–Crippen MR) is 71.3 cm³/mol. The van der Waals surface area contributed by atoms with Gasteiger partial charge in [-0.25, -0.2) is 0 Å². The van der Waals surface area contributed by atoms with Crippen molar-refractivity contribution in [1.29, 1.82) is 0 Å². The summed E-state index contributed by atoms with van der Waals surface area (Å²) in [6.45, 7) is 2.04. The van der Waals surface area contributed by atoms with E-state index in [4.69, 9.17) is 10.2 Å². The van der Waals surface area contributed by atoms with Gasteiger partial charge in [-0.05, 0) is 40.0 Å². The Morgan fingerprint density at radius 3 is 2.62 bits per heavy atom. The van der Waals surface area contributed by atoms with E-state index in [2.05, 4.69) is 31.9 Å². The summed E-state index contributed by atoms with van der Waals surface area (Å²) >= 11 is 6.97. The number of rotatable bonds is 2. The molecule has 1 atom stereocenters. The zero-order chi connectivity index (χ0) is 11.7. The van der Waals surface area contributed by atoms with Crippen LogP contribution >= 0.6 is 31.9 Å². The second-order valence-electron chi connectivity index (χ2n) is 3.59. The third kappa shape index (κ3) is 2.10. The molecule has 0 saturated heterocycles. The van der Waals surface area contributed by atoms with E-state index in [0.29, 0.717) is 0 Å². The van der Waals surface area contributed by atoms with Gasteiger partial charge < -0.3 is 10.2 Å². The lowest BCUT2D eigenvalue weighted by atomic mass is 10.0. The van der Waals surface area contributed by atoms with Gasteiger partial charge in [0.15, 0.2) is 0 Å². The van der Waals surface area contributed by atoms with E-state index in [9.17, 15) is 0 Å². The molecule has 0 aliphatic heterocycles. The highest BCUT2D eigenvalue weighted by atomic mass is 79.9. The number of aryl methyl sites for hydroxylation is 1. The average molecular weight is 345 g/mol. The van der Waals surface area contributed by atoms with Crippen LogP contribution in [0.4, 0.5) is 0 Å². The summed E-state index contributed by atoms with van der Waals surface area (Å²) in [4.78, 5) is 0. The highest BCUT2D eigenvalue weighted by Crippen LogP contribution is 2.32. The maximum atomic E-state index is 6.18. The Labute approximate surface area is 111 Å². The van der Waals surface area contributed by atoms with Gasteiger partial charge in [0.05, 0.1) is 16.8 Å². The summed E-state index contributed by atoms with van der Waals surface area (Å²) in [6, 6.07) is 7.61. The summed E-state index contributed by atoms with van der Waals surface area (Å²) in [7, 11) is 0. The zero-order valence-corrected chi connectivity index (χ0v) is 11.9. The molecule has 0 bridgehead atoms. The lowest BCUT2D eigenvalue weighted by Gasteiger charge is -2.13. The SMILES string of the molecule is Cc1cccc(C(N)c2occc2Br)c1Br. The molecule has 2 N–H and O–H groups in total. The van der Waals surface area contributed by atoms with E-state index in [1.165, 1.54) is 0 Å². The minimum absolute atomic E-state index is 0.265. The van der Waals surface area contributed by atoms with Crippen molar-refractivity contribution in [3.63, 3.8) is 0 Å². The lowest BCUT2D eigenvalue weighted by molar-refractivity contribution is 0.487. The second-order valence-corrected chi connectivity index (χ2v) is 5.24. The number of nitrogens with two attached hydrogens (primary N) is 1. The molecule has 0 radical (unpaired) electrons. The van der Waals surface area contributed by atoms with Crippen molar-refractivity contribution < 1.29 is 4.42 Å².